The van der Waals surface area contributed by atoms with Crippen LogP contribution in [0.25, 0.3) is 0 Å². The highest BCUT2D eigenvalue weighted by Crippen LogP contribution is 2.38. The van der Waals surface area contributed by atoms with Gasteiger partial charge in [0.2, 0.25) is 0 Å². The third kappa shape index (κ3) is 3.40. The molecule has 2 heteroatoms. The van der Waals surface area contributed by atoms with Gasteiger partial charge in [0.1, 0.15) is 0 Å². The standard InChI is InChI=1S/C14H27NS/c1-11-6-7-13(9-15)14(8-11)16-10-12-4-2-3-5-12/h11-14H,2-10,15H2,1H3. The molecule has 0 aromatic carbocycles. The molecule has 0 aromatic rings. The van der Waals surface area contributed by atoms with Crippen LogP contribution in [0.5, 0.6) is 0 Å². The Balaban J connectivity index is 1.76. The van der Waals surface area contributed by atoms with Crippen molar-refractivity contribution in [2.45, 2.75) is 57.1 Å². The van der Waals surface area contributed by atoms with Crippen LogP contribution < -0.4 is 5.73 Å². The lowest BCUT2D eigenvalue weighted by molar-refractivity contribution is 0.306. The smallest absolute Gasteiger partial charge is 0.00899 e. The van der Waals surface area contributed by atoms with E-state index in [1.165, 1.54) is 50.7 Å². The fourth-order valence-electron chi connectivity index (χ4n) is 3.30. The molecule has 0 heterocycles. The molecular formula is C14H27NS. The van der Waals surface area contributed by atoms with Gasteiger partial charge in [-0.2, -0.15) is 11.8 Å². The van der Waals surface area contributed by atoms with Crippen molar-refractivity contribution in [1.82, 2.24) is 0 Å². The molecule has 0 bridgehead atoms. The minimum absolute atomic E-state index is 0.808. The Morgan fingerprint density at radius 3 is 2.56 bits per heavy atom. The molecular weight excluding hydrogens is 214 g/mol. The Hall–Kier alpha value is 0.310. The third-order valence-corrected chi connectivity index (χ3v) is 6.18. The van der Waals surface area contributed by atoms with Crippen molar-refractivity contribution in [2.24, 2.45) is 23.5 Å². The van der Waals surface area contributed by atoms with Crippen LogP contribution in [0.15, 0.2) is 0 Å². The van der Waals surface area contributed by atoms with Gasteiger partial charge in [-0.1, -0.05) is 26.2 Å². The number of thioether (sulfide) groups is 1. The monoisotopic (exact) mass is 241 g/mol. The first kappa shape index (κ1) is 12.8. The summed E-state index contributed by atoms with van der Waals surface area (Å²) < 4.78 is 0. The van der Waals surface area contributed by atoms with Crippen LogP contribution in [-0.2, 0) is 0 Å². The van der Waals surface area contributed by atoms with E-state index >= 15 is 0 Å². The van der Waals surface area contributed by atoms with Crippen molar-refractivity contribution in [1.29, 1.82) is 0 Å². The zero-order valence-corrected chi connectivity index (χ0v) is 11.5. The predicted octanol–water partition coefficient (Wildman–Crippen LogP) is 3.67. The van der Waals surface area contributed by atoms with Crippen LogP contribution >= 0.6 is 11.8 Å². The van der Waals surface area contributed by atoms with Crippen molar-refractivity contribution in [3.63, 3.8) is 0 Å². The summed E-state index contributed by atoms with van der Waals surface area (Å²) >= 11 is 2.25. The predicted molar refractivity (Wildman–Crippen MR) is 73.8 cm³/mol. The normalized spacial score (nSPS) is 36.8. The van der Waals surface area contributed by atoms with Gasteiger partial charge < -0.3 is 5.73 Å². The molecule has 2 rings (SSSR count). The van der Waals surface area contributed by atoms with Gasteiger partial charge in [0.25, 0.3) is 0 Å². The molecule has 2 aliphatic rings. The molecule has 0 saturated heterocycles. The average molecular weight is 241 g/mol. The first-order valence-corrected chi connectivity index (χ1v) is 8.16. The fraction of sp³-hybridized carbons (Fsp3) is 1.00. The first-order valence-electron chi connectivity index (χ1n) is 7.11. The van der Waals surface area contributed by atoms with Crippen LogP contribution in [0.2, 0.25) is 0 Å². The number of hydrogen-bond donors (Lipinski definition) is 1. The van der Waals surface area contributed by atoms with E-state index in [0.717, 1.165) is 29.5 Å². The topological polar surface area (TPSA) is 26.0 Å². The Kier molecular flexibility index (Phi) is 5.02. The quantitative estimate of drug-likeness (QED) is 0.812. The summed E-state index contributed by atoms with van der Waals surface area (Å²) in [5, 5.41) is 0.870. The molecule has 3 atom stereocenters. The van der Waals surface area contributed by atoms with E-state index < -0.39 is 0 Å². The Morgan fingerprint density at radius 1 is 1.12 bits per heavy atom. The lowest BCUT2D eigenvalue weighted by Gasteiger charge is -2.34. The lowest BCUT2D eigenvalue weighted by Crippen LogP contribution is -2.32. The largest absolute Gasteiger partial charge is 0.330 e. The number of nitrogens with two attached hydrogens (primary N) is 1. The minimum atomic E-state index is 0.808. The van der Waals surface area contributed by atoms with Crippen molar-refractivity contribution in [3.05, 3.63) is 0 Å². The van der Waals surface area contributed by atoms with Gasteiger partial charge in [0.05, 0.1) is 0 Å². The van der Waals surface area contributed by atoms with Crippen molar-refractivity contribution in [3.8, 4) is 0 Å². The Labute approximate surface area is 105 Å². The zero-order chi connectivity index (χ0) is 11.4. The van der Waals surface area contributed by atoms with Crippen molar-refractivity contribution < 1.29 is 0 Å². The van der Waals surface area contributed by atoms with E-state index in [9.17, 15) is 0 Å². The van der Waals surface area contributed by atoms with E-state index in [1.807, 2.05) is 0 Å². The maximum Gasteiger partial charge on any atom is 0.00899 e. The van der Waals surface area contributed by atoms with E-state index in [4.69, 9.17) is 5.73 Å². The third-order valence-electron chi connectivity index (χ3n) is 4.51. The Morgan fingerprint density at radius 2 is 1.88 bits per heavy atom. The van der Waals surface area contributed by atoms with Gasteiger partial charge in [-0.05, 0) is 55.7 Å². The van der Waals surface area contributed by atoms with Crippen molar-refractivity contribution >= 4 is 11.8 Å². The van der Waals surface area contributed by atoms with Gasteiger partial charge in [-0.3, -0.25) is 0 Å². The van der Waals surface area contributed by atoms with E-state index in [0.29, 0.717) is 0 Å². The molecule has 0 radical (unpaired) electrons. The van der Waals surface area contributed by atoms with Gasteiger partial charge >= 0.3 is 0 Å². The maximum absolute atomic E-state index is 5.91. The van der Waals surface area contributed by atoms with Crippen LogP contribution in [0.3, 0.4) is 0 Å². The van der Waals surface area contributed by atoms with Gasteiger partial charge in [-0.25, -0.2) is 0 Å². The summed E-state index contributed by atoms with van der Waals surface area (Å²) in [5.74, 6) is 4.18. The second-order valence-corrected chi connectivity index (χ2v) is 7.21. The van der Waals surface area contributed by atoms with Crippen LogP contribution in [0.1, 0.15) is 51.9 Å². The first-order chi connectivity index (χ1) is 7.79. The SMILES string of the molecule is CC1CCC(CN)C(SCC2CCCC2)C1. The molecule has 2 N–H and O–H groups in total. The average Bonchev–Trinajstić information content (AvgIpc) is 2.79. The maximum atomic E-state index is 5.91. The van der Waals surface area contributed by atoms with Crippen LogP contribution in [-0.4, -0.2) is 17.5 Å². The molecule has 1 nitrogen and oxygen atoms in total. The van der Waals surface area contributed by atoms with Gasteiger partial charge in [0.15, 0.2) is 0 Å². The second-order valence-electron chi connectivity index (χ2n) is 5.94. The summed E-state index contributed by atoms with van der Waals surface area (Å²) in [6, 6.07) is 0. The molecule has 2 saturated carbocycles. The fourth-order valence-corrected chi connectivity index (χ4v) is 5.14. The highest BCUT2D eigenvalue weighted by atomic mass is 32.2. The summed E-state index contributed by atoms with van der Waals surface area (Å²) in [4.78, 5) is 0. The lowest BCUT2D eigenvalue weighted by atomic mass is 9.82. The minimum Gasteiger partial charge on any atom is -0.330 e. The zero-order valence-electron chi connectivity index (χ0n) is 10.7. The molecule has 16 heavy (non-hydrogen) atoms. The molecule has 2 aliphatic carbocycles. The molecule has 0 amide bonds. The highest BCUT2D eigenvalue weighted by molar-refractivity contribution is 7.99. The molecule has 3 unspecified atom stereocenters. The number of rotatable bonds is 4. The number of hydrogen-bond acceptors (Lipinski definition) is 2. The highest BCUT2D eigenvalue weighted by Gasteiger charge is 2.28. The molecule has 2 fully saturated rings. The molecule has 0 spiro atoms. The Bertz CT molecular complexity index is 201. The van der Waals surface area contributed by atoms with Crippen LogP contribution in [0.4, 0.5) is 0 Å². The van der Waals surface area contributed by atoms with Gasteiger partial charge in [0, 0.05) is 5.25 Å². The molecule has 0 aliphatic heterocycles. The van der Waals surface area contributed by atoms with Crippen molar-refractivity contribution in [2.75, 3.05) is 12.3 Å². The molecule has 94 valence electrons. The van der Waals surface area contributed by atoms with E-state index in [2.05, 4.69) is 18.7 Å². The van der Waals surface area contributed by atoms with Gasteiger partial charge in [-0.15, -0.1) is 0 Å². The summed E-state index contributed by atoms with van der Waals surface area (Å²) in [6.07, 6.45) is 10.1. The summed E-state index contributed by atoms with van der Waals surface area (Å²) in [7, 11) is 0. The second kappa shape index (κ2) is 6.30. The van der Waals surface area contributed by atoms with Crippen LogP contribution in [0, 0.1) is 17.8 Å². The van der Waals surface area contributed by atoms with E-state index in [-0.39, 0.29) is 0 Å². The van der Waals surface area contributed by atoms with E-state index in [1.54, 1.807) is 0 Å². The summed E-state index contributed by atoms with van der Waals surface area (Å²) in [6.45, 7) is 3.32. The molecule has 0 aromatic heterocycles. The summed E-state index contributed by atoms with van der Waals surface area (Å²) in [5.41, 5.74) is 5.91.